The topological polar surface area (TPSA) is 102 Å². The maximum Gasteiger partial charge on any atom is 0.323 e. The van der Waals surface area contributed by atoms with E-state index in [1.807, 2.05) is 0 Å². The van der Waals surface area contributed by atoms with Gasteiger partial charge < -0.3 is 25.4 Å². The summed E-state index contributed by atoms with van der Waals surface area (Å²) in [6.07, 6.45) is 0.158. The molecular formula is C17H19ClFNO5. The van der Waals surface area contributed by atoms with Crippen LogP contribution in [0.15, 0.2) is 42.5 Å². The third-order valence-corrected chi connectivity index (χ3v) is 3.21. The fourth-order valence-corrected chi connectivity index (χ4v) is 1.97. The first-order chi connectivity index (χ1) is 11.5. The van der Waals surface area contributed by atoms with Crippen molar-refractivity contribution in [3.05, 3.63) is 53.8 Å². The van der Waals surface area contributed by atoms with Gasteiger partial charge in [0.15, 0.2) is 11.5 Å². The molecule has 0 aliphatic heterocycles. The van der Waals surface area contributed by atoms with Crippen molar-refractivity contribution >= 4 is 18.4 Å². The van der Waals surface area contributed by atoms with Crippen LogP contribution in [0.1, 0.15) is 5.56 Å². The van der Waals surface area contributed by atoms with Crippen molar-refractivity contribution < 1.29 is 28.9 Å². The highest BCUT2D eigenvalue weighted by molar-refractivity contribution is 5.85. The SMILES string of the molecule is Cl.N[C@@H](Cc1ccc(O)c(O)c1)C(=O)OCCOc1ccc(F)cc1. The van der Waals surface area contributed by atoms with Gasteiger partial charge in [0.05, 0.1) is 0 Å². The van der Waals surface area contributed by atoms with Crippen molar-refractivity contribution in [2.45, 2.75) is 12.5 Å². The lowest BCUT2D eigenvalue weighted by atomic mass is 10.1. The second-order valence-corrected chi connectivity index (χ2v) is 5.10. The first-order valence-corrected chi connectivity index (χ1v) is 7.27. The summed E-state index contributed by atoms with van der Waals surface area (Å²) < 4.78 is 23.0. The van der Waals surface area contributed by atoms with E-state index in [1.165, 1.54) is 36.4 Å². The lowest BCUT2D eigenvalue weighted by molar-refractivity contribution is -0.145. The number of aromatic hydroxyl groups is 2. The fourth-order valence-electron chi connectivity index (χ4n) is 1.97. The monoisotopic (exact) mass is 371 g/mol. The van der Waals surface area contributed by atoms with E-state index >= 15 is 0 Å². The van der Waals surface area contributed by atoms with Gasteiger partial charge in [-0.1, -0.05) is 6.07 Å². The summed E-state index contributed by atoms with van der Waals surface area (Å²) in [5, 5.41) is 18.6. The van der Waals surface area contributed by atoms with Crippen molar-refractivity contribution in [1.82, 2.24) is 0 Å². The summed E-state index contributed by atoms with van der Waals surface area (Å²) in [6.45, 7) is 0.120. The van der Waals surface area contributed by atoms with E-state index in [9.17, 15) is 19.4 Å². The molecule has 0 heterocycles. The predicted molar refractivity (Wildman–Crippen MR) is 91.6 cm³/mol. The molecule has 0 fully saturated rings. The first kappa shape index (κ1) is 20.5. The van der Waals surface area contributed by atoms with Crippen molar-refractivity contribution in [1.29, 1.82) is 0 Å². The van der Waals surface area contributed by atoms with Crippen LogP contribution in [0.3, 0.4) is 0 Å². The molecule has 0 amide bonds. The van der Waals surface area contributed by atoms with E-state index in [0.717, 1.165) is 0 Å². The summed E-state index contributed by atoms with van der Waals surface area (Å²) in [5.41, 5.74) is 6.34. The minimum Gasteiger partial charge on any atom is -0.504 e. The summed E-state index contributed by atoms with van der Waals surface area (Å²) in [5.74, 6) is -1.02. The number of nitrogens with two attached hydrogens (primary N) is 1. The van der Waals surface area contributed by atoms with Gasteiger partial charge in [0.1, 0.15) is 30.8 Å². The van der Waals surface area contributed by atoms with E-state index < -0.39 is 12.0 Å². The van der Waals surface area contributed by atoms with Crippen LogP contribution in [0.25, 0.3) is 0 Å². The Kier molecular flexibility index (Phi) is 7.97. The number of benzene rings is 2. The summed E-state index contributed by atoms with van der Waals surface area (Å²) in [7, 11) is 0. The minimum atomic E-state index is -0.903. The number of carbonyl (C=O) groups excluding carboxylic acids is 1. The molecule has 136 valence electrons. The van der Waals surface area contributed by atoms with Crippen LogP contribution in [0, 0.1) is 5.82 Å². The Balaban J connectivity index is 0.00000312. The van der Waals surface area contributed by atoms with Gasteiger partial charge in [0, 0.05) is 0 Å². The number of halogens is 2. The van der Waals surface area contributed by atoms with Crippen molar-refractivity contribution in [3.63, 3.8) is 0 Å². The van der Waals surface area contributed by atoms with Crippen LogP contribution in [0.4, 0.5) is 4.39 Å². The second-order valence-electron chi connectivity index (χ2n) is 5.10. The lowest BCUT2D eigenvalue weighted by Gasteiger charge is -2.12. The van der Waals surface area contributed by atoms with E-state index in [4.69, 9.17) is 15.2 Å². The minimum absolute atomic E-state index is 0. The zero-order chi connectivity index (χ0) is 17.5. The smallest absolute Gasteiger partial charge is 0.323 e. The molecule has 0 aliphatic carbocycles. The lowest BCUT2D eigenvalue weighted by Crippen LogP contribution is -2.35. The fraction of sp³-hybridized carbons (Fsp3) is 0.235. The van der Waals surface area contributed by atoms with Crippen LogP contribution in [0.2, 0.25) is 0 Å². The van der Waals surface area contributed by atoms with Crippen molar-refractivity contribution in [3.8, 4) is 17.2 Å². The Morgan fingerprint density at radius 2 is 1.76 bits per heavy atom. The molecule has 1 atom stereocenters. The average Bonchev–Trinajstić information content (AvgIpc) is 2.56. The van der Waals surface area contributed by atoms with E-state index in [0.29, 0.717) is 11.3 Å². The molecule has 2 aromatic carbocycles. The number of esters is 1. The van der Waals surface area contributed by atoms with Crippen LogP contribution >= 0.6 is 12.4 Å². The van der Waals surface area contributed by atoms with Gasteiger partial charge in [-0.2, -0.15) is 0 Å². The molecule has 2 rings (SSSR count). The first-order valence-electron chi connectivity index (χ1n) is 7.27. The standard InChI is InChI=1S/C17H18FNO5.ClH/c18-12-2-4-13(5-3-12)23-7-8-24-17(22)14(19)9-11-1-6-15(20)16(21)10-11;/h1-6,10,14,20-21H,7-9,19H2;1H/t14-;/m0./s1. The maximum absolute atomic E-state index is 12.7. The largest absolute Gasteiger partial charge is 0.504 e. The third kappa shape index (κ3) is 6.48. The molecule has 25 heavy (non-hydrogen) atoms. The molecule has 8 heteroatoms. The normalized spacial score (nSPS) is 11.3. The molecule has 0 aromatic heterocycles. The Bertz CT molecular complexity index is 696. The molecule has 0 aliphatic rings. The van der Waals surface area contributed by atoms with Gasteiger partial charge in [0.2, 0.25) is 0 Å². The molecule has 0 radical (unpaired) electrons. The molecule has 0 saturated heterocycles. The van der Waals surface area contributed by atoms with Crippen LogP contribution < -0.4 is 10.5 Å². The van der Waals surface area contributed by atoms with Gasteiger partial charge in [-0.15, -0.1) is 12.4 Å². The predicted octanol–water partition coefficient (Wildman–Crippen LogP) is 2.15. The molecule has 0 bridgehead atoms. The summed E-state index contributed by atoms with van der Waals surface area (Å²) in [4.78, 5) is 11.8. The zero-order valence-corrected chi connectivity index (χ0v) is 14.0. The highest BCUT2D eigenvalue weighted by Crippen LogP contribution is 2.25. The summed E-state index contributed by atoms with van der Waals surface area (Å²) >= 11 is 0. The van der Waals surface area contributed by atoms with E-state index in [2.05, 4.69) is 0 Å². The molecule has 4 N–H and O–H groups in total. The second kappa shape index (κ2) is 9.71. The van der Waals surface area contributed by atoms with Crippen molar-refractivity contribution in [2.75, 3.05) is 13.2 Å². The number of hydrogen-bond acceptors (Lipinski definition) is 6. The molecule has 0 spiro atoms. The molecule has 0 saturated carbocycles. The Labute approximate surface area is 150 Å². The van der Waals surface area contributed by atoms with Gasteiger partial charge >= 0.3 is 5.97 Å². The zero-order valence-electron chi connectivity index (χ0n) is 13.2. The van der Waals surface area contributed by atoms with Gasteiger partial charge in [0.25, 0.3) is 0 Å². The highest BCUT2D eigenvalue weighted by Gasteiger charge is 2.16. The molecule has 0 unspecified atom stereocenters. The number of hydrogen-bond donors (Lipinski definition) is 3. The molecule has 2 aromatic rings. The Hall–Kier alpha value is -2.51. The number of rotatable bonds is 7. The maximum atomic E-state index is 12.7. The number of carbonyl (C=O) groups is 1. The highest BCUT2D eigenvalue weighted by atomic mass is 35.5. The van der Waals surface area contributed by atoms with E-state index in [1.54, 1.807) is 6.07 Å². The average molecular weight is 372 g/mol. The van der Waals surface area contributed by atoms with Crippen LogP contribution in [-0.4, -0.2) is 35.4 Å². The Morgan fingerprint density at radius 3 is 2.40 bits per heavy atom. The summed E-state index contributed by atoms with van der Waals surface area (Å²) in [6, 6.07) is 8.79. The Morgan fingerprint density at radius 1 is 1.08 bits per heavy atom. The molecular weight excluding hydrogens is 353 g/mol. The van der Waals surface area contributed by atoms with Gasteiger partial charge in [-0.05, 0) is 48.4 Å². The molecule has 6 nitrogen and oxygen atoms in total. The van der Waals surface area contributed by atoms with Gasteiger partial charge in [-0.25, -0.2) is 4.39 Å². The van der Waals surface area contributed by atoms with Crippen LogP contribution in [-0.2, 0) is 16.0 Å². The quantitative estimate of drug-likeness (QED) is 0.391. The van der Waals surface area contributed by atoms with Crippen LogP contribution in [0.5, 0.6) is 17.2 Å². The third-order valence-electron chi connectivity index (χ3n) is 3.21. The number of phenolic OH excluding ortho intramolecular Hbond substituents is 2. The van der Waals surface area contributed by atoms with Gasteiger partial charge in [-0.3, -0.25) is 4.79 Å². The van der Waals surface area contributed by atoms with Crippen molar-refractivity contribution in [2.24, 2.45) is 5.73 Å². The number of phenols is 2. The van der Waals surface area contributed by atoms with E-state index in [-0.39, 0.29) is 49.4 Å². The number of ether oxygens (including phenoxy) is 2.